The lowest BCUT2D eigenvalue weighted by Gasteiger charge is -2.13. The SMILES string of the molecule is OC[C@H]1O[C@@H]2[C@@H](Sc3nc4cc(Cl)c(Cl)cc4n32)[C@@H]1O. The molecule has 4 rings (SSSR count). The minimum absolute atomic E-state index is 0.159. The highest BCUT2D eigenvalue weighted by molar-refractivity contribution is 8.00. The number of benzene rings is 1. The summed E-state index contributed by atoms with van der Waals surface area (Å²) in [4.78, 5) is 4.49. The van der Waals surface area contributed by atoms with E-state index in [1.807, 2.05) is 4.57 Å². The average Bonchev–Trinajstić information content (AvgIpc) is 3.01. The predicted molar refractivity (Wildman–Crippen MR) is 76.4 cm³/mol. The molecule has 5 nitrogen and oxygen atoms in total. The second-order valence-corrected chi connectivity index (χ2v) is 6.80. The summed E-state index contributed by atoms with van der Waals surface area (Å²) in [6.45, 7) is -0.205. The van der Waals surface area contributed by atoms with Gasteiger partial charge in [-0.15, -0.1) is 0 Å². The zero-order valence-electron chi connectivity index (χ0n) is 10.0. The van der Waals surface area contributed by atoms with Gasteiger partial charge in [-0.05, 0) is 12.1 Å². The number of halogens is 2. The van der Waals surface area contributed by atoms with Crippen molar-refractivity contribution in [3.8, 4) is 0 Å². The van der Waals surface area contributed by atoms with E-state index in [9.17, 15) is 10.2 Å². The quantitative estimate of drug-likeness (QED) is 0.836. The van der Waals surface area contributed by atoms with Gasteiger partial charge in [-0.2, -0.15) is 0 Å². The smallest absolute Gasteiger partial charge is 0.171 e. The molecule has 1 fully saturated rings. The van der Waals surface area contributed by atoms with Crippen molar-refractivity contribution in [3.63, 3.8) is 0 Å². The molecule has 1 aromatic carbocycles. The third-order valence-electron chi connectivity index (χ3n) is 3.69. The van der Waals surface area contributed by atoms with Gasteiger partial charge in [-0.25, -0.2) is 4.98 Å². The molecule has 3 heterocycles. The van der Waals surface area contributed by atoms with E-state index in [4.69, 9.17) is 27.9 Å². The molecule has 1 saturated heterocycles. The number of aliphatic hydroxyl groups excluding tert-OH is 2. The van der Waals surface area contributed by atoms with Gasteiger partial charge in [0.15, 0.2) is 11.4 Å². The minimum atomic E-state index is -0.713. The van der Waals surface area contributed by atoms with Crippen LogP contribution in [0.5, 0.6) is 0 Å². The standard InChI is InChI=1S/C12H10Cl2N2O3S/c13-4-1-6-7(2-5(4)14)16-11-10(20-12(16)15-6)9(18)8(3-17)19-11/h1-2,8-11,17-18H,3H2/t8-,9-,10+,11-/m1/s1. The Kier molecular flexibility index (Phi) is 2.96. The van der Waals surface area contributed by atoms with Gasteiger partial charge in [0.05, 0.1) is 39.0 Å². The van der Waals surface area contributed by atoms with Crippen molar-refractivity contribution in [2.75, 3.05) is 6.61 Å². The van der Waals surface area contributed by atoms with Crippen LogP contribution in [0.25, 0.3) is 11.0 Å². The molecular weight excluding hydrogens is 323 g/mol. The first kappa shape index (κ1) is 13.2. The third kappa shape index (κ3) is 1.66. The van der Waals surface area contributed by atoms with Gasteiger partial charge in [0, 0.05) is 0 Å². The largest absolute Gasteiger partial charge is 0.394 e. The van der Waals surface area contributed by atoms with Gasteiger partial charge in [0.25, 0.3) is 0 Å². The fourth-order valence-electron chi connectivity index (χ4n) is 2.72. The number of hydrogen-bond donors (Lipinski definition) is 2. The molecule has 0 saturated carbocycles. The second kappa shape index (κ2) is 4.50. The summed E-state index contributed by atoms with van der Waals surface area (Å²) < 4.78 is 7.64. The molecule has 2 aliphatic heterocycles. The molecule has 106 valence electrons. The van der Waals surface area contributed by atoms with Gasteiger partial charge in [-0.1, -0.05) is 35.0 Å². The van der Waals surface area contributed by atoms with Gasteiger partial charge in [0.2, 0.25) is 0 Å². The Bertz CT molecular complexity index is 708. The summed E-state index contributed by atoms with van der Waals surface area (Å²) in [7, 11) is 0. The fourth-order valence-corrected chi connectivity index (χ4v) is 4.37. The number of thioether (sulfide) groups is 1. The lowest BCUT2D eigenvalue weighted by Crippen LogP contribution is -2.30. The van der Waals surface area contributed by atoms with E-state index in [1.165, 1.54) is 11.8 Å². The first-order valence-electron chi connectivity index (χ1n) is 6.08. The molecule has 2 aromatic rings. The molecule has 2 aliphatic rings. The molecule has 1 aromatic heterocycles. The molecule has 20 heavy (non-hydrogen) atoms. The molecule has 0 aliphatic carbocycles. The number of hydrogen-bond acceptors (Lipinski definition) is 5. The van der Waals surface area contributed by atoms with Crippen molar-refractivity contribution in [2.45, 2.75) is 28.8 Å². The van der Waals surface area contributed by atoms with Crippen LogP contribution in [0.2, 0.25) is 10.0 Å². The van der Waals surface area contributed by atoms with E-state index in [0.717, 1.165) is 16.2 Å². The van der Waals surface area contributed by atoms with Crippen molar-refractivity contribution in [1.29, 1.82) is 0 Å². The topological polar surface area (TPSA) is 67.5 Å². The Morgan fingerprint density at radius 3 is 2.85 bits per heavy atom. The Morgan fingerprint density at radius 1 is 1.35 bits per heavy atom. The Labute approximate surface area is 128 Å². The molecule has 0 amide bonds. The average molecular weight is 333 g/mol. The molecule has 0 radical (unpaired) electrons. The van der Waals surface area contributed by atoms with E-state index in [-0.39, 0.29) is 18.1 Å². The molecule has 0 unspecified atom stereocenters. The summed E-state index contributed by atoms with van der Waals surface area (Å²) >= 11 is 13.5. The zero-order valence-corrected chi connectivity index (χ0v) is 12.4. The van der Waals surface area contributed by atoms with Gasteiger partial charge < -0.3 is 14.9 Å². The summed E-state index contributed by atoms with van der Waals surface area (Å²) in [6.07, 6.45) is -1.62. The number of nitrogens with zero attached hydrogens (tertiary/aromatic N) is 2. The predicted octanol–water partition coefficient (Wildman–Crippen LogP) is 2.07. The number of fused-ring (bicyclic) bond motifs is 5. The Balaban J connectivity index is 1.86. The molecule has 0 spiro atoms. The van der Waals surface area contributed by atoms with E-state index in [1.54, 1.807) is 12.1 Å². The summed E-state index contributed by atoms with van der Waals surface area (Å²) in [5, 5.41) is 20.9. The van der Waals surface area contributed by atoms with Crippen LogP contribution < -0.4 is 0 Å². The van der Waals surface area contributed by atoms with Crippen molar-refractivity contribution in [3.05, 3.63) is 22.2 Å². The molecule has 4 atom stereocenters. The molecule has 2 N–H and O–H groups in total. The maximum Gasteiger partial charge on any atom is 0.171 e. The van der Waals surface area contributed by atoms with Gasteiger partial charge in [-0.3, -0.25) is 4.57 Å². The minimum Gasteiger partial charge on any atom is -0.394 e. The van der Waals surface area contributed by atoms with Gasteiger partial charge >= 0.3 is 0 Å². The number of aromatic nitrogens is 2. The van der Waals surface area contributed by atoms with Crippen LogP contribution in [-0.2, 0) is 4.74 Å². The maximum atomic E-state index is 10.1. The highest BCUT2D eigenvalue weighted by Gasteiger charge is 2.50. The molecule has 8 heteroatoms. The van der Waals surface area contributed by atoms with Crippen molar-refractivity contribution < 1.29 is 14.9 Å². The van der Waals surface area contributed by atoms with E-state index in [2.05, 4.69) is 4.98 Å². The molecular formula is C12H10Cl2N2O3S. The monoisotopic (exact) mass is 332 g/mol. The van der Waals surface area contributed by atoms with E-state index in [0.29, 0.717) is 10.0 Å². The normalized spacial score (nSPS) is 31.8. The highest BCUT2D eigenvalue weighted by atomic mass is 35.5. The Hall–Kier alpha value is -0.500. The fraction of sp³-hybridized carbons (Fsp3) is 0.417. The number of ether oxygens (including phenoxy) is 1. The second-order valence-electron chi connectivity index (χ2n) is 4.84. The number of aliphatic hydroxyl groups is 2. The van der Waals surface area contributed by atoms with Crippen LogP contribution in [-0.4, -0.2) is 43.8 Å². The van der Waals surface area contributed by atoms with Crippen molar-refractivity contribution >= 4 is 46.0 Å². The van der Waals surface area contributed by atoms with Crippen LogP contribution in [0.15, 0.2) is 17.3 Å². The van der Waals surface area contributed by atoms with Crippen LogP contribution >= 0.6 is 35.0 Å². The maximum absolute atomic E-state index is 10.1. The van der Waals surface area contributed by atoms with E-state index >= 15 is 0 Å². The first-order valence-corrected chi connectivity index (χ1v) is 7.71. The lowest BCUT2D eigenvalue weighted by atomic mass is 10.2. The van der Waals surface area contributed by atoms with Crippen molar-refractivity contribution in [1.82, 2.24) is 9.55 Å². The number of imidazole rings is 1. The summed E-state index contributed by atoms with van der Waals surface area (Å²) in [5.41, 5.74) is 1.56. The van der Waals surface area contributed by atoms with Crippen molar-refractivity contribution in [2.24, 2.45) is 0 Å². The van der Waals surface area contributed by atoms with Crippen LogP contribution in [0.1, 0.15) is 6.23 Å². The third-order valence-corrected chi connectivity index (χ3v) is 5.69. The van der Waals surface area contributed by atoms with E-state index < -0.39 is 12.2 Å². The Morgan fingerprint density at radius 2 is 2.10 bits per heavy atom. The van der Waals surface area contributed by atoms with Gasteiger partial charge in [0.1, 0.15) is 6.10 Å². The first-order chi connectivity index (χ1) is 9.60. The summed E-state index contributed by atoms with van der Waals surface area (Å²) in [6, 6.07) is 3.47. The summed E-state index contributed by atoms with van der Waals surface area (Å²) in [5.74, 6) is 0. The lowest BCUT2D eigenvalue weighted by molar-refractivity contribution is -0.0447. The number of rotatable bonds is 1. The highest BCUT2D eigenvalue weighted by Crippen LogP contribution is 2.49. The van der Waals surface area contributed by atoms with Crippen LogP contribution in [0.3, 0.4) is 0 Å². The van der Waals surface area contributed by atoms with Crippen LogP contribution in [0, 0.1) is 0 Å². The molecule has 0 bridgehead atoms. The zero-order chi connectivity index (χ0) is 14.0. The van der Waals surface area contributed by atoms with Crippen LogP contribution in [0.4, 0.5) is 0 Å².